The Labute approximate surface area is 58.6 Å². The van der Waals surface area contributed by atoms with Gasteiger partial charge in [-0.1, -0.05) is 12.7 Å². The first-order chi connectivity index (χ1) is 4.24. The molecule has 1 rings (SSSR count). The first-order valence-electron chi connectivity index (χ1n) is 4.00. The minimum Gasteiger partial charge on any atom is -0.312 e. The van der Waals surface area contributed by atoms with Gasteiger partial charge >= 0.3 is 0 Å². The molecule has 0 aliphatic heterocycles. The Morgan fingerprint density at radius 3 is 2.67 bits per heavy atom. The van der Waals surface area contributed by atoms with Gasteiger partial charge in [0.1, 0.15) is 7.85 Å². The van der Waals surface area contributed by atoms with E-state index in [0.29, 0.717) is 0 Å². The zero-order valence-corrected chi connectivity index (χ0v) is 6.65. The molecule has 0 bridgehead atoms. The van der Waals surface area contributed by atoms with Crippen LogP contribution >= 0.6 is 0 Å². The van der Waals surface area contributed by atoms with Crippen molar-refractivity contribution in [2.75, 3.05) is 0 Å². The second-order valence-electron chi connectivity index (χ2n) is 3.30. The van der Waals surface area contributed by atoms with Gasteiger partial charge in [0.05, 0.1) is 0 Å². The van der Waals surface area contributed by atoms with E-state index in [9.17, 15) is 0 Å². The molecule has 0 aromatic heterocycles. The minimum atomic E-state index is 0.722. The molecule has 1 fully saturated rings. The summed E-state index contributed by atoms with van der Waals surface area (Å²) >= 11 is 0. The van der Waals surface area contributed by atoms with Crippen LogP contribution in [0.1, 0.15) is 26.7 Å². The molecule has 0 amide bonds. The Kier molecular flexibility index (Phi) is 2.17. The molecule has 1 saturated carbocycles. The average Bonchev–Trinajstić information content (AvgIpc) is 2.47. The molecule has 0 spiro atoms. The van der Waals surface area contributed by atoms with Crippen molar-refractivity contribution in [1.29, 1.82) is 0 Å². The van der Waals surface area contributed by atoms with E-state index >= 15 is 0 Å². The van der Waals surface area contributed by atoms with Gasteiger partial charge in [0.25, 0.3) is 0 Å². The molecule has 2 heteroatoms. The maximum atomic E-state index is 3.55. The lowest BCUT2D eigenvalue weighted by Crippen LogP contribution is -2.27. The van der Waals surface area contributed by atoms with E-state index in [1.54, 1.807) is 0 Å². The van der Waals surface area contributed by atoms with E-state index in [-0.39, 0.29) is 0 Å². The zero-order chi connectivity index (χ0) is 6.85. The molecular weight excluding hydrogens is 109 g/mol. The summed E-state index contributed by atoms with van der Waals surface area (Å²) in [6.45, 7) is 4.48. The van der Waals surface area contributed by atoms with Crippen LogP contribution in [0.2, 0.25) is 5.82 Å². The van der Waals surface area contributed by atoms with Gasteiger partial charge in [-0.15, -0.1) is 0 Å². The van der Waals surface area contributed by atoms with E-state index in [0.717, 1.165) is 17.9 Å². The second-order valence-corrected chi connectivity index (χ2v) is 3.30. The first kappa shape index (κ1) is 7.14. The quantitative estimate of drug-likeness (QED) is 0.543. The summed E-state index contributed by atoms with van der Waals surface area (Å²) in [6.07, 6.45) is 2.65. The molecule has 0 aromatic rings. The molecule has 0 heterocycles. The molecule has 9 heavy (non-hydrogen) atoms. The van der Waals surface area contributed by atoms with Gasteiger partial charge in [0.2, 0.25) is 0 Å². The number of nitrogens with one attached hydrogen (secondary N) is 1. The monoisotopic (exact) mass is 125 g/mol. The Morgan fingerprint density at radius 2 is 2.33 bits per heavy atom. The van der Waals surface area contributed by atoms with Gasteiger partial charge in [0.15, 0.2) is 0 Å². The van der Waals surface area contributed by atoms with Gasteiger partial charge in [-0.3, -0.25) is 0 Å². The van der Waals surface area contributed by atoms with Gasteiger partial charge in [-0.25, -0.2) is 0 Å². The van der Waals surface area contributed by atoms with Crippen molar-refractivity contribution < 1.29 is 0 Å². The summed E-state index contributed by atoms with van der Waals surface area (Å²) in [6, 6.07) is 1.57. The lowest BCUT2D eigenvalue weighted by Gasteiger charge is -2.09. The number of hydrogen-bond donors (Lipinski definition) is 1. The fourth-order valence-electron chi connectivity index (χ4n) is 1.04. The molecular formula is C7H16BN. The predicted octanol–water partition coefficient (Wildman–Crippen LogP) is 0.568. The molecule has 1 aliphatic carbocycles. The lowest BCUT2D eigenvalue weighted by atomic mass is 10.0. The van der Waals surface area contributed by atoms with E-state index in [4.69, 9.17) is 0 Å². The maximum Gasteiger partial charge on any atom is 0.107 e. The number of rotatable bonds is 3. The van der Waals surface area contributed by atoms with E-state index in [1.165, 1.54) is 12.8 Å². The fraction of sp³-hybridized carbons (Fsp3) is 1.00. The third-order valence-electron chi connectivity index (χ3n) is 2.22. The van der Waals surface area contributed by atoms with Crippen molar-refractivity contribution in [3.63, 3.8) is 0 Å². The summed E-state index contributed by atoms with van der Waals surface area (Å²) in [7, 11) is 2.31. The van der Waals surface area contributed by atoms with Crippen LogP contribution in [0.5, 0.6) is 0 Å². The van der Waals surface area contributed by atoms with Crippen LogP contribution < -0.4 is 5.32 Å². The summed E-state index contributed by atoms with van der Waals surface area (Å²) in [5, 5.41) is 3.55. The molecule has 1 nitrogen and oxygen atoms in total. The highest BCUT2D eigenvalue weighted by Crippen LogP contribution is 2.33. The van der Waals surface area contributed by atoms with Crippen LogP contribution in [0.3, 0.4) is 0 Å². The highest BCUT2D eigenvalue weighted by Gasteiger charge is 2.32. The standard InChI is InChI=1S/C7H16BN/c1-3-5(2)9-7-4-6(7)8/h5-7,9H,3-4,8H2,1-2H3/t5-,6?,7?/m0/s1. The molecule has 1 aliphatic rings. The van der Waals surface area contributed by atoms with Gasteiger partial charge in [0, 0.05) is 12.1 Å². The molecule has 2 unspecified atom stereocenters. The average molecular weight is 125 g/mol. The fourth-order valence-corrected chi connectivity index (χ4v) is 1.04. The summed E-state index contributed by atoms with van der Waals surface area (Å²) < 4.78 is 0. The second kappa shape index (κ2) is 2.74. The van der Waals surface area contributed by atoms with Crippen LogP contribution in [0.25, 0.3) is 0 Å². The van der Waals surface area contributed by atoms with Gasteiger partial charge in [-0.2, -0.15) is 0 Å². The van der Waals surface area contributed by atoms with Crippen LogP contribution in [-0.2, 0) is 0 Å². The van der Waals surface area contributed by atoms with Crippen molar-refractivity contribution in [3.05, 3.63) is 0 Å². The van der Waals surface area contributed by atoms with E-state index < -0.39 is 0 Å². The first-order valence-corrected chi connectivity index (χ1v) is 4.00. The summed E-state index contributed by atoms with van der Waals surface area (Å²) in [5.41, 5.74) is 0. The molecule has 0 aromatic carbocycles. The zero-order valence-electron chi connectivity index (χ0n) is 6.65. The molecule has 3 atom stereocenters. The van der Waals surface area contributed by atoms with Crippen molar-refractivity contribution in [2.24, 2.45) is 0 Å². The summed E-state index contributed by atoms with van der Waals surface area (Å²) in [5.74, 6) is 0.944. The molecule has 0 radical (unpaired) electrons. The van der Waals surface area contributed by atoms with Crippen molar-refractivity contribution >= 4 is 7.85 Å². The highest BCUT2D eigenvalue weighted by molar-refractivity contribution is 6.14. The van der Waals surface area contributed by atoms with Crippen molar-refractivity contribution in [3.8, 4) is 0 Å². The molecule has 52 valence electrons. The topological polar surface area (TPSA) is 12.0 Å². The Morgan fingerprint density at radius 1 is 1.78 bits per heavy atom. The predicted molar refractivity (Wildman–Crippen MR) is 43.6 cm³/mol. The van der Waals surface area contributed by atoms with Crippen molar-refractivity contribution in [1.82, 2.24) is 5.32 Å². The maximum absolute atomic E-state index is 3.55. The van der Waals surface area contributed by atoms with Gasteiger partial charge in [-0.05, 0) is 19.8 Å². The van der Waals surface area contributed by atoms with Crippen LogP contribution in [0.4, 0.5) is 0 Å². The number of hydrogen-bond acceptors (Lipinski definition) is 1. The normalized spacial score (nSPS) is 36.2. The van der Waals surface area contributed by atoms with Crippen molar-refractivity contribution in [2.45, 2.75) is 44.6 Å². The smallest absolute Gasteiger partial charge is 0.107 e. The Bertz CT molecular complexity index is 92.9. The van der Waals surface area contributed by atoms with E-state index in [2.05, 4.69) is 27.0 Å². The van der Waals surface area contributed by atoms with Crippen LogP contribution in [-0.4, -0.2) is 19.9 Å². The summed E-state index contributed by atoms with van der Waals surface area (Å²) in [4.78, 5) is 0. The van der Waals surface area contributed by atoms with Crippen LogP contribution in [0.15, 0.2) is 0 Å². The SMILES string of the molecule is BC1CC1N[C@@H](C)CC. The highest BCUT2D eigenvalue weighted by atomic mass is 15.0. The molecule has 1 N–H and O–H groups in total. The minimum absolute atomic E-state index is 0.722. The Hall–Kier alpha value is 0.0249. The lowest BCUT2D eigenvalue weighted by molar-refractivity contribution is 0.531. The molecule has 0 saturated heterocycles. The largest absolute Gasteiger partial charge is 0.312 e. The Balaban J connectivity index is 2.05. The van der Waals surface area contributed by atoms with Gasteiger partial charge < -0.3 is 5.32 Å². The third kappa shape index (κ3) is 2.01. The van der Waals surface area contributed by atoms with Crippen LogP contribution in [0, 0.1) is 0 Å². The third-order valence-corrected chi connectivity index (χ3v) is 2.22. The van der Waals surface area contributed by atoms with E-state index in [1.807, 2.05) is 0 Å².